The van der Waals surface area contributed by atoms with Gasteiger partial charge in [0.1, 0.15) is 18.5 Å². The standard InChI is InChI=1S/C48H48N6O6/c1-59-31-34-16-18-39(19-17-34)46(56)51-40-26-24-36(25-27-40)35-20-22-37(23-21-35)41-30-50-45(52-41)42-14-9-29-54(42)47(57)44(38-12-6-3-7-13-38)53-43(55)15-8-28-49-48(58)60-32-33-10-4-2-5-11-33/h2-7,10-13,16-27,30,42,44H,8-9,14-15,28-29,31-32H2,1H3,(H,49,58)(H,50,52)(H,51,56)(H,53,55)/t42-,44+/m0/s1. The first-order chi connectivity index (χ1) is 29.3. The van der Waals surface area contributed by atoms with E-state index in [-0.39, 0.29) is 43.3 Å². The van der Waals surface area contributed by atoms with Crippen LogP contribution < -0.4 is 16.0 Å². The van der Waals surface area contributed by atoms with Gasteiger partial charge in [-0.2, -0.15) is 0 Å². The number of imidazole rings is 1. The number of rotatable bonds is 16. The molecular weight excluding hydrogens is 757 g/mol. The fourth-order valence-corrected chi connectivity index (χ4v) is 7.22. The van der Waals surface area contributed by atoms with Crippen LogP contribution in [0.15, 0.2) is 140 Å². The first-order valence-corrected chi connectivity index (χ1v) is 20.1. The summed E-state index contributed by atoms with van der Waals surface area (Å²) in [6, 6.07) is 40.6. The van der Waals surface area contributed by atoms with Gasteiger partial charge in [0.2, 0.25) is 11.8 Å². The summed E-state index contributed by atoms with van der Waals surface area (Å²) in [6.07, 6.45) is 3.26. The van der Waals surface area contributed by atoms with Crippen molar-refractivity contribution in [2.75, 3.05) is 25.5 Å². The van der Waals surface area contributed by atoms with Crippen molar-refractivity contribution in [1.82, 2.24) is 25.5 Å². The van der Waals surface area contributed by atoms with Crippen molar-refractivity contribution in [2.24, 2.45) is 0 Å². The topological polar surface area (TPSA) is 155 Å². The highest BCUT2D eigenvalue weighted by Gasteiger charge is 2.37. The first-order valence-electron chi connectivity index (χ1n) is 20.1. The molecule has 0 bridgehead atoms. The predicted octanol–water partition coefficient (Wildman–Crippen LogP) is 8.37. The molecule has 7 rings (SSSR count). The SMILES string of the molecule is COCc1ccc(C(=O)Nc2ccc(-c3ccc(-c4cnc([C@@H]5CCCN5C(=O)[C@H](NC(=O)CCCNC(=O)OCc5ccccc5)c5ccccc5)[nH]4)cc3)cc2)cc1. The molecule has 12 heteroatoms. The number of nitrogens with zero attached hydrogens (tertiary/aromatic N) is 2. The van der Waals surface area contributed by atoms with E-state index < -0.39 is 12.1 Å². The molecule has 1 fully saturated rings. The number of alkyl carbamates (subject to hydrolysis) is 1. The van der Waals surface area contributed by atoms with Gasteiger partial charge in [-0.3, -0.25) is 14.4 Å². The molecule has 1 aliphatic rings. The van der Waals surface area contributed by atoms with Gasteiger partial charge in [-0.1, -0.05) is 109 Å². The van der Waals surface area contributed by atoms with Crippen LogP contribution in [0.5, 0.6) is 0 Å². The second-order valence-corrected chi connectivity index (χ2v) is 14.6. The van der Waals surface area contributed by atoms with E-state index in [4.69, 9.17) is 14.5 Å². The van der Waals surface area contributed by atoms with Crippen LogP contribution in [0.1, 0.15) is 70.6 Å². The van der Waals surface area contributed by atoms with Crippen molar-refractivity contribution in [3.63, 3.8) is 0 Å². The van der Waals surface area contributed by atoms with Crippen molar-refractivity contribution in [3.05, 3.63) is 168 Å². The predicted molar refractivity (Wildman–Crippen MR) is 229 cm³/mol. The van der Waals surface area contributed by atoms with Gasteiger partial charge in [-0.15, -0.1) is 0 Å². The number of H-pyrrole nitrogens is 1. The number of amides is 4. The van der Waals surface area contributed by atoms with Crippen LogP contribution in [0.25, 0.3) is 22.4 Å². The first kappa shape index (κ1) is 41.1. The zero-order valence-electron chi connectivity index (χ0n) is 33.4. The molecule has 1 saturated heterocycles. The number of carbonyl (C=O) groups is 4. The molecule has 60 heavy (non-hydrogen) atoms. The number of carbonyl (C=O) groups excluding carboxylic acids is 4. The maximum Gasteiger partial charge on any atom is 0.407 e. The summed E-state index contributed by atoms with van der Waals surface area (Å²) >= 11 is 0. The molecule has 12 nitrogen and oxygen atoms in total. The third-order valence-corrected chi connectivity index (χ3v) is 10.4. The summed E-state index contributed by atoms with van der Waals surface area (Å²) in [4.78, 5) is 62.4. The van der Waals surface area contributed by atoms with E-state index in [0.29, 0.717) is 42.2 Å². The fourth-order valence-electron chi connectivity index (χ4n) is 7.22. The van der Waals surface area contributed by atoms with Gasteiger partial charge in [-0.25, -0.2) is 9.78 Å². The third-order valence-electron chi connectivity index (χ3n) is 10.4. The zero-order valence-corrected chi connectivity index (χ0v) is 33.4. The normalized spacial score (nSPS) is 13.9. The molecule has 2 atom stereocenters. The summed E-state index contributed by atoms with van der Waals surface area (Å²) in [5.41, 5.74) is 7.64. The number of anilines is 1. The molecular formula is C48H48N6O6. The average Bonchev–Trinajstić information content (AvgIpc) is 3.99. The van der Waals surface area contributed by atoms with E-state index in [1.165, 1.54) is 0 Å². The van der Waals surface area contributed by atoms with E-state index in [0.717, 1.165) is 46.4 Å². The van der Waals surface area contributed by atoms with Crippen LogP contribution >= 0.6 is 0 Å². The second-order valence-electron chi connectivity index (χ2n) is 14.6. The zero-order chi connectivity index (χ0) is 41.7. The lowest BCUT2D eigenvalue weighted by molar-refractivity contribution is -0.137. The molecule has 0 radical (unpaired) electrons. The molecule has 4 amide bonds. The number of nitrogens with one attached hydrogen (secondary N) is 4. The molecule has 306 valence electrons. The molecule has 0 spiro atoms. The Morgan fingerprint density at radius 1 is 0.783 bits per heavy atom. The molecule has 6 aromatic rings. The summed E-state index contributed by atoms with van der Waals surface area (Å²) in [5, 5.41) is 8.60. The van der Waals surface area contributed by atoms with E-state index in [2.05, 4.69) is 20.9 Å². The monoisotopic (exact) mass is 804 g/mol. The molecule has 0 saturated carbocycles. The van der Waals surface area contributed by atoms with Crippen LogP contribution in [0.2, 0.25) is 0 Å². The Labute approximate surface area is 349 Å². The Balaban J connectivity index is 0.937. The Morgan fingerprint density at radius 2 is 1.43 bits per heavy atom. The number of ether oxygens (including phenoxy) is 2. The molecule has 2 heterocycles. The van der Waals surface area contributed by atoms with Crippen LogP contribution in [-0.4, -0.2) is 58.9 Å². The summed E-state index contributed by atoms with van der Waals surface area (Å²) in [5.74, 6) is 0.00941. The van der Waals surface area contributed by atoms with Crippen molar-refractivity contribution in [3.8, 4) is 22.4 Å². The van der Waals surface area contributed by atoms with Crippen LogP contribution in [-0.2, 0) is 32.3 Å². The second kappa shape index (κ2) is 20.1. The van der Waals surface area contributed by atoms with E-state index in [1.54, 1.807) is 30.3 Å². The quantitative estimate of drug-likeness (QED) is 0.0717. The Morgan fingerprint density at radius 3 is 2.13 bits per heavy atom. The highest BCUT2D eigenvalue weighted by molar-refractivity contribution is 6.04. The molecule has 1 aliphatic heterocycles. The molecule has 1 aromatic heterocycles. The lowest BCUT2D eigenvalue weighted by Crippen LogP contribution is -2.43. The number of hydrogen-bond donors (Lipinski definition) is 4. The highest BCUT2D eigenvalue weighted by atomic mass is 16.5. The minimum absolute atomic E-state index is 0.120. The lowest BCUT2D eigenvalue weighted by atomic mass is 10.0. The Hall–Kier alpha value is -7.05. The molecule has 0 aliphatic carbocycles. The third kappa shape index (κ3) is 10.7. The number of benzene rings is 5. The van der Waals surface area contributed by atoms with Gasteiger partial charge in [-0.05, 0) is 76.9 Å². The smallest absolute Gasteiger partial charge is 0.407 e. The minimum atomic E-state index is -0.881. The van der Waals surface area contributed by atoms with Crippen LogP contribution in [0, 0.1) is 0 Å². The van der Waals surface area contributed by atoms with Crippen molar-refractivity contribution < 1.29 is 28.7 Å². The maximum atomic E-state index is 14.3. The van der Waals surface area contributed by atoms with E-state index >= 15 is 0 Å². The van der Waals surface area contributed by atoms with Crippen molar-refractivity contribution in [1.29, 1.82) is 0 Å². The van der Waals surface area contributed by atoms with Gasteiger partial charge >= 0.3 is 6.09 Å². The van der Waals surface area contributed by atoms with E-state index in [1.807, 2.05) is 121 Å². The number of hydrogen-bond acceptors (Lipinski definition) is 7. The van der Waals surface area contributed by atoms with Crippen LogP contribution in [0.3, 0.4) is 0 Å². The van der Waals surface area contributed by atoms with Gasteiger partial charge in [0.15, 0.2) is 0 Å². The molecule has 5 aromatic carbocycles. The highest BCUT2D eigenvalue weighted by Crippen LogP contribution is 2.34. The average molecular weight is 805 g/mol. The minimum Gasteiger partial charge on any atom is -0.445 e. The van der Waals surface area contributed by atoms with Gasteiger partial charge in [0.05, 0.1) is 24.5 Å². The molecule has 4 N–H and O–H groups in total. The molecule has 0 unspecified atom stereocenters. The van der Waals surface area contributed by atoms with Gasteiger partial charge in [0, 0.05) is 37.9 Å². The fraction of sp³-hybridized carbons (Fsp3) is 0.229. The summed E-state index contributed by atoms with van der Waals surface area (Å²) in [7, 11) is 1.64. The number of likely N-dealkylation sites (tertiary alicyclic amines) is 1. The lowest BCUT2D eigenvalue weighted by Gasteiger charge is -2.28. The number of aromatic amines is 1. The van der Waals surface area contributed by atoms with Crippen molar-refractivity contribution in [2.45, 2.75) is 51.0 Å². The summed E-state index contributed by atoms with van der Waals surface area (Å²) < 4.78 is 10.4. The van der Waals surface area contributed by atoms with Gasteiger partial charge < -0.3 is 35.3 Å². The summed E-state index contributed by atoms with van der Waals surface area (Å²) in [6.45, 7) is 1.44. The maximum absolute atomic E-state index is 14.3. The number of methoxy groups -OCH3 is 1. The van der Waals surface area contributed by atoms with Crippen molar-refractivity contribution >= 4 is 29.5 Å². The van der Waals surface area contributed by atoms with Crippen LogP contribution in [0.4, 0.5) is 10.5 Å². The van der Waals surface area contributed by atoms with Gasteiger partial charge in [0.25, 0.3) is 5.91 Å². The largest absolute Gasteiger partial charge is 0.445 e. The number of aromatic nitrogens is 2. The Bertz CT molecular complexity index is 2350. The Kier molecular flexibility index (Phi) is 13.8. The van der Waals surface area contributed by atoms with E-state index in [9.17, 15) is 19.2 Å².